The number of nitrogens with zero attached hydrogens (tertiary/aromatic N) is 4. The third kappa shape index (κ3) is 3.48. The van der Waals surface area contributed by atoms with E-state index >= 15 is 0 Å². The number of hydrogen-bond donors (Lipinski definition) is 1. The predicted molar refractivity (Wildman–Crippen MR) is 100 cm³/mol. The van der Waals surface area contributed by atoms with Crippen LogP contribution in [0.1, 0.15) is 22.1 Å². The van der Waals surface area contributed by atoms with Gasteiger partial charge in [-0.3, -0.25) is 4.79 Å². The van der Waals surface area contributed by atoms with Crippen molar-refractivity contribution in [3.63, 3.8) is 0 Å². The molecule has 0 saturated heterocycles. The van der Waals surface area contributed by atoms with E-state index in [2.05, 4.69) is 20.6 Å². The highest BCUT2D eigenvalue weighted by molar-refractivity contribution is 7.16. The molecule has 0 spiro atoms. The number of nitrogens with one attached hydrogen (secondary N) is 1. The zero-order valence-corrected chi connectivity index (χ0v) is 14.8. The summed E-state index contributed by atoms with van der Waals surface area (Å²) < 4.78 is 1.65. The molecule has 0 unspecified atom stereocenters. The van der Waals surface area contributed by atoms with E-state index in [1.54, 1.807) is 10.8 Å². The Morgan fingerprint density at radius 3 is 2.31 bits per heavy atom. The molecule has 0 atom stereocenters. The summed E-state index contributed by atoms with van der Waals surface area (Å²) in [6, 6.07) is 19.7. The summed E-state index contributed by atoms with van der Waals surface area (Å²) in [5.74, 6) is -0.333. The maximum Gasteiger partial charge on any atom is 0.234 e. The van der Waals surface area contributed by atoms with Gasteiger partial charge in [-0.1, -0.05) is 72.0 Å². The van der Waals surface area contributed by atoms with Crippen LogP contribution in [-0.4, -0.2) is 32.3 Å². The number of amides is 1. The van der Waals surface area contributed by atoms with Crippen LogP contribution in [0.15, 0.2) is 67.0 Å². The Labute approximate surface area is 154 Å². The minimum absolute atomic E-state index is 0.00889. The minimum Gasteiger partial charge on any atom is -0.355 e. The highest BCUT2D eigenvalue weighted by Crippen LogP contribution is 2.24. The maximum absolute atomic E-state index is 12.9. The molecule has 7 heteroatoms. The van der Waals surface area contributed by atoms with Gasteiger partial charge in [0, 0.05) is 13.0 Å². The van der Waals surface area contributed by atoms with E-state index in [4.69, 9.17) is 0 Å². The number of carbonyl (C=O) groups excluding carboxylic acids is 1. The van der Waals surface area contributed by atoms with E-state index in [0.717, 1.165) is 21.1 Å². The first kappa shape index (κ1) is 16.4. The topological polar surface area (TPSA) is 72.2 Å². The molecule has 2 heterocycles. The molecular formula is C19H17N5OS. The van der Waals surface area contributed by atoms with Crippen molar-refractivity contribution >= 4 is 22.2 Å². The molecule has 0 aliphatic rings. The Hall–Kier alpha value is -3.06. The third-order valence-corrected chi connectivity index (χ3v) is 5.07. The fourth-order valence-corrected chi connectivity index (χ4v) is 3.70. The number of fused-ring (bicyclic) bond motifs is 1. The van der Waals surface area contributed by atoms with Gasteiger partial charge in [0.1, 0.15) is 11.3 Å². The molecule has 0 aliphatic carbocycles. The quantitative estimate of drug-likeness (QED) is 0.572. The Balaban J connectivity index is 1.47. The van der Waals surface area contributed by atoms with Gasteiger partial charge in [0.25, 0.3) is 0 Å². The first-order valence-corrected chi connectivity index (χ1v) is 9.16. The predicted octanol–water partition coefficient (Wildman–Crippen LogP) is 2.68. The van der Waals surface area contributed by atoms with E-state index in [1.807, 2.05) is 60.7 Å². The van der Waals surface area contributed by atoms with Crippen LogP contribution < -0.4 is 5.32 Å². The molecule has 0 aliphatic heterocycles. The van der Waals surface area contributed by atoms with Crippen LogP contribution in [0.4, 0.5) is 0 Å². The van der Waals surface area contributed by atoms with E-state index in [-0.39, 0.29) is 11.8 Å². The van der Waals surface area contributed by atoms with Crippen LogP contribution in [0.3, 0.4) is 0 Å². The largest absolute Gasteiger partial charge is 0.355 e. The van der Waals surface area contributed by atoms with Crippen molar-refractivity contribution in [1.82, 2.24) is 25.1 Å². The first-order valence-electron chi connectivity index (χ1n) is 8.34. The number of rotatable bonds is 6. The molecule has 1 N–H and O–H groups in total. The van der Waals surface area contributed by atoms with Gasteiger partial charge in [0.05, 0.1) is 5.92 Å². The van der Waals surface area contributed by atoms with E-state index < -0.39 is 0 Å². The van der Waals surface area contributed by atoms with Crippen molar-refractivity contribution in [2.75, 3.05) is 6.54 Å². The van der Waals surface area contributed by atoms with E-state index in [0.29, 0.717) is 13.0 Å². The van der Waals surface area contributed by atoms with Crippen molar-refractivity contribution < 1.29 is 4.79 Å². The molecular weight excluding hydrogens is 346 g/mol. The molecule has 4 aromatic rings. The monoisotopic (exact) mass is 363 g/mol. The lowest BCUT2D eigenvalue weighted by atomic mass is 9.90. The van der Waals surface area contributed by atoms with Crippen LogP contribution in [-0.2, 0) is 11.2 Å². The highest BCUT2D eigenvalue weighted by Gasteiger charge is 2.22. The fraction of sp³-hybridized carbons (Fsp3) is 0.158. The number of benzene rings is 2. The summed E-state index contributed by atoms with van der Waals surface area (Å²) >= 11 is 1.48. The Morgan fingerprint density at radius 1 is 1.04 bits per heavy atom. The smallest absolute Gasteiger partial charge is 0.234 e. The Kier molecular flexibility index (Phi) is 4.70. The van der Waals surface area contributed by atoms with Gasteiger partial charge in [0.15, 0.2) is 0 Å². The van der Waals surface area contributed by atoms with Crippen LogP contribution in [0.25, 0.3) is 4.96 Å². The molecule has 0 radical (unpaired) electrons. The van der Waals surface area contributed by atoms with Crippen LogP contribution in [0, 0.1) is 0 Å². The second-order valence-electron chi connectivity index (χ2n) is 5.85. The van der Waals surface area contributed by atoms with Crippen LogP contribution in [0.5, 0.6) is 0 Å². The molecule has 2 aromatic heterocycles. The van der Waals surface area contributed by atoms with Gasteiger partial charge in [0.2, 0.25) is 10.9 Å². The molecule has 26 heavy (non-hydrogen) atoms. The SMILES string of the molecule is O=C(NCCc1nn2cnnc2s1)C(c1ccccc1)c1ccccc1. The van der Waals surface area contributed by atoms with E-state index in [9.17, 15) is 4.79 Å². The Morgan fingerprint density at radius 2 is 1.69 bits per heavy atom. The summed E-state index contributed by atoms with van der Waals surface area (Å²) in [6.07, 6.45) is 2.24. The molecule has 0 saturated carbocycles. The molecule has 2 aromatic carbocycles. The van der Waals surface area contributed by atoms with Gasteiger partial charge in [-0.2, -0.15) is 9.61 Å². The van der Waals surface area contributed by atoms with Crippen molar-refractivity contribution in [3.8, 4) is 0 Å². The van der Waals surface area contributed by atoms with Crippen molar-refractivity contribution in [1.29, 1.82) is 0 Å². The summed E-state index contributed by atoms with van der Waals surface area (Å²) in [5, 5.41) is 16.1. The fourth-order valence-electron chi connectivity index (χ4n) is 2.88. The van der Waals surface area contributed by atoms with Gasteiger partial charge < -0.3 is 5.32 Å². The highest BCUT2D eigenvalue weighted by atomic mass is 32.1. The van der Waals surface area contributed by atoms with Gasteiger partial charge in [-0.25, -0.2) is 0 Å². The average Bonchev–Trinajstić information content (AvgIpc) is 3.25. The number of carbonyl (C=O) groups is 1. The lowest BCUT2D eigenvalue weighted by Gasteiger charge is -2.17. The molecule has 4 rings (SSSR count). The van der Waals surface area contributed by atoms with E-state index in [1.165, 1.54) is 11.3 Å². The van der Waals surface area contributed by atoms with Crippen molar-refractivity contribution in [3.05, 3.63) is 83.1 Å². The lowest BCUT2D eigenvalue weighted by molar-refractivity contribution is -0.121. The van der Waals surface area contributed by atoms with Gasteiger partial charge >= 0.3 is 0 Å². The zero-order chi connectivity index (χ0) is 17.8. The molecule has 0 fully saturated rings. The summed E-state index contributed by atoms with van der Waals surface area (Å²) in [5.41, 5.74) is 1.96. The zero-order valence-electron chi connectivity index (χ0n) is 13.9. The van der Waals surface area contributed by atoms with Gasteiger partial charge in [-0.15, -0.1) is 10.2 Å². The normalized spacial score (nSPS) is 11.1. The summed E-state index contributed by atoms with van der Waals surface area (Å²) in [6.45, 7) is 0.527. The minimum atomic E-state index is -0.324. The first-order chi connectivity index (χ1) is 12.8. The van der Waals surface area contributed by atoms with Crippen molar-refractivity contribution in [2.24, 2.45) is 0 Å². The lowest BCUT2D eigenvalue weighted by Crippen LogP contribution is -2.31. The second-order valence-corrected chi connectivity index (χ2v) is 6.89. The second kappa shape index (κ2) is 7.45. The summed E-state index contributed by atoms with van der Waals surface area (Å²) in [4.78, 5) is 13.7. The van der Waals surface area contributed by atoms with Crippen LogP contribution >= 0.6 is 11.3 Å². The van der Waals surface area contributed by atoms with Gasteiger partial charge in [-0.05, 0) is 11.1 Å². The average molecular weight is 363 g/mol. The third-order valence-electron chi connectivity index (χ3n) is 4.09. The number of hydrogen-bond acceptors (Lipinski definition) is 5. The molecule has 1 amide bonds. The molecule has 0 bridgehead atoms. The van der Waals surface area contributed by atoms with Crippen molar-refractivity contribution in [2.45, 2.75) is 12.3 Å². The molecule has 6 nitrogen and oxygen atoms in total. The molecule has 130 valence electrons. The maximum atomic E-state index is 12.9. The van der Waals surface area contributed by atoms with Crippen LogP contribution in [0.2, 0.25) is 0 Å². The number of aromatic nitrogens is 4. The Bertz CT molecular complexity index is 928. The standard InChI is InChI=1S/C19H17N5OS/c25-18(20-12-11-16-23-24-13-21-22-19(24)26-16)17(14-7-3-1-4-8-14)15-9-5-2-6-10-15/h1-10,13,17H,11-12H2,(H,20,25). The summed E-state index contributed by atoms with van der Waals surface area (Å²) in [7, 11) is 0.